The van der Waals surface area contributed by atoms with Crippen LogP contribution in [0.3, 0.4) is 0 Å². The molecule has 0 aromatic rings. The van der Waals surface area contributed by atoms with Crippen molar-refractivity contribution in [1.29, 1.82) is 0 Å². The van der Waals surface area contributed by atoms with Gasteiger partial charge in [-0.2, -0.15) is 8.78 Å². The number of carbonyl (C=O) groups is 1. The Morgan fingerprint density at radius 3 is 2.00 bits per heavy atom. The van der Waals surface area contributed by atoms with E-state index in [1.54, 1.807) is 20.8 Å². The van der Waals surface area contributed by atoms with Gasteiger partial charge in [-0.3, -0.25) is 0 Å². The average Bonchev–Trinajstić information content (AvgIpc) is 1.98. The summed E-state index contributed by atoms with van der Waals surface area (Å²) < 4.78 is 30.7. The zero-order valence-electron chi connectivity index (χ0n) is 9.80. The van der Waals surface area contributed by atoms with Gasteiger partial charge in [0.15, 0.2) is 0 Å². The van der Waals surface area contributed by atoms with Gasteiger partial charge in [0.25, 0.3) is 0 Å². The minimum Gasteiger partial charge on any atom is -0.458 e. The van der Waals surface area contributed by atoms with E-state index >= 15 is 0 Å². The van der Waals surface area contributed by atoms with E-state index in [9.17, 15) is 13.6 Å². The zero-order chi connectivity index (χ0) is 12.3. The first-order valence-electron chi connectivity index (χ1n) is 4.84. The first-order chi connectivity index (χ1) is 6.54. The van der Waals surface area contributed by atoms with Crippen molar-refractivity contribution >= 4 is 5.97 Å². The second-order valence-corrected chi connectivity index (χ2v) is 4.78. The molecule has 0 rings (SSSR count). The van der Waals surface area contributed by atoms with Crippen molar-refractivity contribution in [2.24, 2.45) is 5.41 Å². The van der Waals surface area contributed by atoms with Gasteiger partial charge in [-0.15, -0.1) is 0 Å². The summed E-state index contributed by atoms with van der Waals surface area (Å²) in [5.74, 6) is -5.05. The lowest BCUT2D eigenvalue weighted by Gasteiger charge is -2.16. The van der Waals surface area contributed by atoms with Crippen molar-refractivity contribution in [3.05, 3.63) is 12.2 Å². The average molecular weight is 220 g/mol. The molecule has 0 unspecified atom stereocenters. The Kier molecular flexibility index (Phi) is 4.43. The van der Waals surface area contributed by atoms with Crippen molar-refractivity contribution in [2.75, 3.05) is 0 Å². The summed E-state index contributed by atoms with van der Waals surface area (Å²) in [6, 6.07) is 0. The van der Waals surface area contributed by atoms with Gasteiger partial charge in [0.1, 0.15) is 0 Å². The van der Waals surface area contributed by atoms with Crippen LogP contribution < -0.4 is 0 Å². The number of carbonyl (C=O) groups excluding carboxylic acids is 1. The molecule has 0 spiro atoms. The van der Waals surface area contributed by atoms with E-state index in [1.807, 2.05) is 0 Å². The third-order valence-corrected chi connectivity index (χ3v) is 1.41. The number of halogens is 2. The molecule has 0 fully saturated rings. The quantitative estimate of drug-likeness (QED) is 0.539. The Labute approximate surface area is 89.3 Å². The first-order valence-corrected chi connectivity index (χ1v) is 4.84. The van der Waals surface area contributed by atoms with Crippen LogP contribution in [0.15, 0.2) is 12.2 Å². The van der Waals surface area contributed by atoms with Gasteiger partial charge in [0.2, 0.25) is 0 Å². The molecule has 0 amide bonds. The van der Waals surface area contributed by atoms with Gasteiger partial charge >= 0.3 is 11.9 Å². The molecule has 0 aliphatic rings. The van der Waals surface area contributed by atoms with Crippen molar-refractivity contribution in [1.82, 2.24) is 0 Å². The third-order valence-electron chi connectivity index (χ3n) is 1.41. The van der Waals surface area contributed by atoms with Crippen LogP contribution in [0.1, 0.15) is 34.6 Å². The smallest absolute Gasteiger partial charge is 0.381 e. The number of hydrogen-bond acceptors (Lipinski definition) is 2. The van der Waals surface area contributed by atoms with E-state index in [4.69, 9.17) is 0 Å². The van der Waals surface area contributed by atoms with Crippen LogP contribution in [0.25, 0.3) is 0 Å². The molecular weight excluding hydrogens is 202 g/mol. The van der Waals surface area contributed by atoms with Crippen molar-refractivity contribution < 1.29 is 18.3 Å². The molecule has 0 aromatic carbocycles. The monoisotopic (exact) mass is 220 g/mol. The van der Waals surface area contributed by atoms with Gasteiger partial charge in [0, 0.05) is 0 Å². The number of alkyl halides is 2. The number of ether oxygens (including phenoxy) is 1. The molecule has 0 bridgehead atoms. The predicted molar refractivity (Wildman–Crippen MR) is 54.8 cm³/mol. The lowest BCUT2D eigenvalue weighted by atomic mass is 9.95. The van der Waals surface area contributed by atoms with Gasteiger partial charge < -0.3 is 4.74 Å². The molecule has 0 aliphatic heterocycles. The van der Waals surface area contributed by atoms with Crippen LogP contribution in [-0.2, 0) is 9.53 Å². The Morgan fingerprint density at radius 1 is 1.20 bits per heavy atom. The number of rotatable bonds is 3. The Hall–Kier alpha value is -0.930. The molecular formula is C11H18F2O2. The summed E-state index contributed by atoms with van der Waals surface area (Å²) in [7, 11) is 0. The van der Waals surface area contributed by atoms with E-state index < -0.39 is 18.0 Å². The maximum Gasteiger partial charge on any atom is 0.381 e. The largest absolute Gasteiger partial charge is 0.458 e. The van der Waals surface area contributed by atoms with Crippen molar-refractivity contribution in [3.8, 4) is 0 Å². The molecule has 2 nitrogen and oxygen atoms in total. The van der Waals surface area contributed by atoms with Gasteiger partial charge in [-0.05, 0) is 25.3 Å². The highest BCUT2D eigenvalue weighted by atomic mass is 19.3. The molecule has 0 atom stereocenters. The van der Waals surface area contributed by atoms with Gasteiger partial charge in [0.05, 0.1) is 6.10 Å². The van der Waals surface area contributed by atoms with Crippen molar-refractivity contribution in [3.63, 3.8) is 0 Å². The Balaban J connectivity index is 4.55. The second-order valence-electron chi connectivity index (χ2n) is 4.78. The fraction of sp³-hybridized carbons (Fsp3) is 0.727. The Bertz CT molecular complexity index is 250. The third kappa shape index (κ3) is 6.20. The minimum absolute atomic E-state index is 0.387. The molecule has 0 aliphatic carbocycles. The molecule has 15 heavy (non-hydrogen) atoms. The fourth-order valence-electron chi connectivity index (χ4n) is 0.715. The standard InChI is InChI=1S/C11H18F2O2/c1-8(2)15-9(14)11(12,13)7-6-10(3,4)5/h6-8H,1-5H3/b7-6+. The number of esters is 1. The molecule has 0 aromatic heterocycles. The second kappa shape index (κ2) is 4.73. The lowest BCUT2D eigenvalue weighted by molar-refractivity contribution is -0.169. The van der Waals surface area contributed by atoms with E-state index in [0.29, 0.717) is 6.08 Å². The maximum absolute atomic E-state index is 13.1. The summed E-state index contributed by atoms with van der Waals surface area (Å²) in [6.07, 6.45) is 1.36. The van der Waals surface area contributed by atoms with Gasteiger partial charge in [-0.1, -0.05) is 26.8 Å². The molecule has 0 heterocycles. The van der Waals surface area contributed by atoms with E-state index in [-0.39, 0.29) is 5.41 Å². The van der Waals surface area contributed by atoms with Crippen LogP contribution in [-0.4, -0.2) is 18.0 Å². The van der Waals surface area contributed by atoms with Crippen LogP contribution in [0.5, 0.6) is 0 Å². The zero-order valence-corrected chi connectivity index (χ0v) is 9.80. The van der Waals surface area contributed by atoms with Crippen LogP contribution in [0.2, 0.25) is 0 Å². The molecule has 0 radical (unpaired) electrons. The van der Waals surface area contributed by atoms with E-state index in [1.165, 1.54) is 19.9 Å². The number of allylic oxidation sites excluding steroid dienone is 1. The maximum atomic E-state index is 13.1. The van der Waals surface area contributed by atoms with Crippen LogP contribution in [0, 0.1) is 5.41 Å². The normalized spacial score (nSPS) is 13.6. The summed E-state index contributed by atoms with van der Waals surface area (Å²) in [5.41, 5.74) is -0.387. The minimum atomic E-state index is -3.54. The van der Waals surface area contributed by atoms with E-state index in [0.717, 1.165) is 0 Å². The van der Waals surface area contributed by atoms with Crippen molar-refractivity contribution in [2.45, 2.75) is 46.6 Å². The molecule has 4 heteroatoms. The molecule has 0 N–H and O–H groups in total. The summed E-state index contributed by atoms with van der Waals surface area (Å²) >= 11 is 0. The Morgan fingerprint density at radius 2 is 1.67 bits per heavy atom. The topological polar surface area (TPSA) is 26.3 Å². The summed E-state index contributed by atoms with van der Waals surface area (Å²) in [5, 5.41) is 0. The summed E-state index contributed by atoms with van der Waals surface area (Å²) in [4.78, 5) is 11.0. The highest BCUT2D eigenvalue weighted by Crippen LogP contribution is 2.23. The molecule has 0 saturated carbocycles. The number of hydrogen-bond donors (Lipinski definition) is 0. The SMILES string of the molecule is CC(C)OC(=O)C(F)(F)/C=C/C(C)(C)C. The molecule has 88 valence electrons. The molecule has 0 saturated heterocycles. The fourth-order valence-corrected chi connectivity index (χ4v) is 0.715. The van der Waals surface area contributed by atoms with Crippen LogP contribution in [0.4, 0.5) is 8.78 Å². The highest BCUT2D eigenvalue weighted by Gasteiger charge is 2.38. The predicted octanol–water partition coefficient (Wildman–Crippen LogP) is 3.18. The summed E-state index contributed by atoms with van der Waals surface area (Å²) in [6.45, 7) is 8.37. The first kappa shape index (κ1) is 14.1. The van der Waals surface area contributed by atoms with Gasteiger partial charge in [-0.25, -0.2) is 4.79 Å². The lowest BCUT2D eigenvalue weighted by Crippen LogP contribution is -2.31. The van der Waals surface area contributed by atoms with E-state index in [2.05, 4.69) is 4.74 Å². The highest BCUT2D eigenvalue weighted by molar-refractivity contribution is 5.80. The van der Waals surface area contributed by atoms with Crippen LogP contribution >= 0.6 is 0 Å².